The summed E-state index contributed by atoms with van der Waals surface area (Å²) in [5.41, 5.74) is 1.51. The lowest BCUT2D eigenvalue weighted by molar-refractivity contribution is -0.400. The lowest BCUT2D eigenvalue weighted by atomic mass is 10.2. The van der Waals surface area contributed by atoms with Crippen molar-refractivity contribution in [3.05, 3.63) is 84.9 Å². The summed E-state index contributed by atoms with van der Waals surface area (Å²) < 4.78 is 1.85. The molecule has 0 aromatic heterocycles. The van der Waals surface area contributed by atoms with Crippen LogP contribution in [0.4, 0.5) is 0 Å². The number of benzene rings is 2. The van der Waals surface area contributed by atoms with Crippen LogP contribution in [0, 0.1) is 10.1 Å². The van der Waals surface area contributed by atoms with Gasteiger partial charge in [-0.2, -0.15) is 0 Å². The van der Waals surface area contributed by atoms with Gasteiger partial charge in [0.1, 0.15) is 6.29 Å². The summed E-state index contributed by atoms with van der Waals surface area (Å²) in [4.78, 5) is 19.6. The Balaban J connectivity index is 0.000000397. The predicted molar refractivity (Wildman–Crippen MR) is 95.5 cm³/mol. The van der Waals surface area contributed by atoms with Crippen LogP contribution in [0.3, 0.4) is 0 Å². The molecule has 111 valence electrons. The van der Waals surface area contributed by atoms with Crippen LogP contribution in [0.15, 0.2) is 63.7 Å². The molecule has 22 heavy (non-hydrogen) atoms. The van der Waals surface area contributed by atoms with Crippen LogP contribution in [-0.4, -0.2) is 19.6 Å². The van der Waals surface area contributed by atoms with Gasteiger partial charge in [0.15, 0.2) is 0 Å². The molecule has 2 aromatic carbocycles. The molecule has 3 radical (unpaired) electrons. The van der Waals surface area contributed by atoms with Crippen molar-refractivity contribution >= 4 is 52.6 Å². The maximum absolute atomic E-state index is 10.1. The Morgan fingerprint density at radius 2 is 1.45 bits per heavy atom. The van der Waals surface area contributed by atoms with E-state index in [0.29, 0.717) is 5.56 Å². The van der Waals surface area contributed by atoms with E-state index in [9.17, 15) is 14.9 Å². The smallest absolute Gasteiger partial charge is 0.235 e. The van der Waals surface area contributed by atoms with Gasteiger partial charge >= 0.3 is 0 Å². The summed E-state index contributed by atoms with van der Waals surface area (Å²) in [5, 5.41) is 9.96. The van der Waals surface area contributed by atoms with E-state index in [1.165, 1.54) is 6.08 Å². The molecule has 0 heterocycles. The second kappa shape index (κ2) is 10.9. The van der Waals surface area contributed by atoms with Crippen molar-refractivity contribution in [1.29, 1.82) is 0 Å². The van der Waals surface area contributed by atoms with Crippen molar-refractivity contribution in [2.45, 2.75) is 0 Å². The van der Waals surface area contributed by atoms with Gasteiger partial charge in [0.2, 0.25) is 6.20 Å². The van der Waals surface area contributed by atoms with E-state index in [1.807, 2.05) is 24.3 Å². The third kappa shape index (κ3) is 8.54. The number of hydrogen-bond donors (Lipinski definition) is 0. The number of rotatable bonds is 3. The summed E-state index contributed by atoms with van der Waals surface area (Å²) in [6.07, 6.45) is 3.19. The van der Waals surface area contributed by atoms with E-state index in [2.05, 4.69) is 31.9 Å². The number of hydrogen-bond acceptors (Lipinski definition) is 3. The highest BCUT2D eigenvalue weighted by Crippen LogP contribution is 2.12. The molecule has 0 spiro atoms. The molecule has 0 saturated heterocycles. The van der Waals surface area contributed by atoms with E-state index in [0.717, 1.165) is 27.0 Å². The summed E-state index contributed by atoms with van der Waals surface area (Å²) in [5.74, 6) is 0. The average Bonchev–Trinajstić information content (AvgIpc) is 2.46. The quantitative estimate of drug-likeness (QED) is 0.314. The monoisotopic (exact) mass is 422 g/mol. The largest absolute Gasteiger partial charge is 0.298 e. The highest BCUT2D eigenvalue weighted by Gasteiger charge is 1.90. The van der Waals surface area contributed by atoms with Crippen LogP contribution in [0.5, 0.6) is 0 Å². The van der Waals surface area contributed by atoms with Crippen LogP contribution in [0.2, 0.25) is 0 Å². The van der Waals surface area contributed by atoms with E-state index in [4.69, 9.17) is 0 Å². The first-order valence-corrected chi connectivity index (χ1v) is 7.38. The molecule has 0 bridgehead atoms. The highest BCUT2D eigenvalue weighted by molar-refractivity contribution is 9.10. The normalized spacial score (nSPS) is 9.36. The summed E-state index contributed by atoms with van der Waals surface area (Å²) in [7, 11) is 0. The number of carbonyl (C=O) groups is 1. The molecule has 4 nitrogen and oxygen atoms in total. The predicted octanol–water partition coefficient (Wildman–Crippen LogP) is 4.58. The van der Waals surface area contributed by atoms with Crippen LogP contribution < -0.4 is 0 Å². The number of halogens is 2. The van der Waals surface area contributed by atoms with Gasteiger partial charge in [-0.05, 0) is 29.8 Å². The van der Waals surface area contributed by atoms with Crippen LogP contribution in [-0.2, 0) is 0 Å². The average molecular weight is 424 g/mol. The lowest BCUT2D eigenvalue weighted by Gasteiger charge is -1.91. The summed E-state index contributed by atoms with van der Waals surface area (Å²) in [6.45, 7) is 0. The molecule has 2 aromatic rings. The fraction of sp³-hybridized carbons (Fsp3) is 0. The Morgan fingerprint density at radius 3 is 1.86 bits per heavy atom. The molecule has 7 heteroatoms. The topological polar surface area (TPSA) is 60.2 Å². The third-order valence-electron chi connectivity index (χ3n) is 2.22. The van der Waals surface area contributed by atoms with Gasteiger partial charge in [0.05, 0.1) is 4.92 Å². The second-order valence-electron chi connectivity index (χ2n) is 3.83. The maximum atomic E-state index is 10.1. The maximum Gasteiger partial charge on any atom is 0.235 e. The minimum atomic E-state index is -0.485. The number of nitro groups is 1. The zero-order valence-corrected chi connectivity index (χ0v) is 14.5. The Labute approximate surface area is 147 Å². The Morgan fingerprint density at radius 1 is 0.955 bits per heavy atom. The van der Waals surface area contributed by atoms with E-state index in [-0.39, 0.29) is 8.41 Å². The lowest BCUT2D eigenvalue weighted by Crippen LogP contribution is -1.82. The first kappa shape index (κ1) is 20.3. The molecule has 0 fully saturated rings. The molecule has 0 aliphatic heterocycles. The first-order valence-electron chi connectivity index (χ1n) is 5.79. The third-order valence-corrected chi connectivity index (χ3v) is 3.21. The number of aldehydes is 1. The van der Waals surface area contributed by atoms with E-state index < -0.39 is 4.92 Å². The molecule has 0 amide bonds. The van der Waals surface area contributed by atoms with Crippen LogP contribution >= 0.6 is 31.9 Å². The first-order chi connectivity index (χ1) is 10.0. The molecule has 0 atom stereocenters. The minimum absolute atomic E-state index is 0. The van der Waals surface area contributed by atoms with Crippen molar-refractivity contribution in [2.24, 2.45) is 0 Å². The molecule has 0 aliphatic rings. The Kier molecular flexibility index (Phi) is 10.1. The van der Waals surface area contributed by atoms with Gasteiger partial charge in [-0.3, -0.25) is 14.9 Å². The minimum Gasteiger partial charge on any atom is -0.298 e. The highest BCUT2D eigenvalue weighted by atomic mass is 79.9. The van der Waals surface area contributed by atoms with Crippen molar-refractivity contribution in [3.8, 4) is 0 Å². The fourth-order valence-electron chi connectivity index (χ4n) is 1.34. The summed E-state index contributed by atoms with van der Waals surface area (Å²) >= 11 is 6.51. The van der Waals surface area contributed by atoms with E-state index in [1.54, 1.807) is 24.3 Å². The van der Waals surface area contributed by atoms with Gasteiger partial charge in [0, 0.05) is 29.0 Å². The Hall–Kier alpha value is -1.73. The zero-order chi connectivity index (χ0) is 15.7. The Bertz CT molecular complexity index is 663. The van der Waals surface area contributed by atoms with Crippen LogP contribution in [0.1, 0.15) is 15.9 Å². The van der Waals surface area contributed by atoms with Crippen LogP contribution in [0.25, 0.3) is 6.08 Å². The van der Waals surface area contributed by atoms with Gasteiger partial charge in [0.25, 0.3) is 0 Å². The number of nitrogens with zero attached hydrogens (tertiary/aromatic N) is 1. The fourth-order valence-corrected chi connectivity index (χ4v) is 2.17. The molecular formula is C15H11BBr2NO3. The zero-order valence-electron chi connectivity index (χ0n) is 11.4. The molecular weight excluding hydrogens is 413 g/mol. The molecule has 0 N–H and O–H groups in total. The van der Waals surface area contributed by atoms with Gasteiger partial charge in [-0.1, -0.05) is 56.1 Å². The van der Waals surface area contributed by atoms with Gasteiger partial charge in [-0.25, -0.2) is 0 Å². The number of carbonyl (C=O) groups excluding carboxylic acids is 1. The molecule has 0 unspecified atom stereocenters. The van der Waals surface area contributed by atoms with Gasteiger partial charge < -0.3 is 0 Å². The van der Waals surface area contributed by atoms with Crippen molar-refractivity contribution in [1.82, 2.24) is 0 Å². The van der Waals surface area contributed by atoms with Crippen molar-refractivity contribution in [2.75, 3.05) is 0 Å². The SMILES string of the molecule is O=Cc1cccc(Br)c1.O=[N+]([O-])/C=C/c1cccc(Br)c1.[B]. The molecule has 0 aliphatic carbocycles. The molecule has 2 rings (SSSR count). The van der Waals surface area contributed by atoms with Gasteiger partial charge in [-0.15, -0.1) is 0 Å². The van der Waals surface area contributed by atoms with Crippen molar-refractivity contribution < 1.29 is 9.72 Å². The van der Waals surface area contributed by atoms with E-state index >= 15 is 0 Å². The standard InChI is InChI=1S/C8H6BrNO2.C7H5BrO.B/c9-8-3-1-2-7(6-8)4-5-10(11)12;8-7-3-1-2-6(4-7)5-9;/h1-6H;1-5H;/b5-4+;;. The second-order valence-corrected chi connectivity index (χ2v) is 5.66. The summed E-state index contributed by atoms with van der Waals surface area (Å²) in [6, 6.07) is 14.5. The molecule has 0 saturated carbocycles. The van der Waals surface area contributed by atoms with Crippen molar-refractivity contribution in [3.63, 3.8) is 0 Å².